The average molecular weight is 522 g/mol. The Labute approximate surface area is 214 Å². The van der Waals surface area contributed by atoms with Crippen LogP contribution in [0.2, 0.25) is 5.02 Å². The Hall–Kier alpha value is -2.58. The summed E-state index contributed by atoms with van der Waals surface area (Å²) in [5.41, 5.74) is 1.30. The number of nitrogens with one attached hydrogen (secondary N) is 1. The Morgan fingerprint density at radius 2 is 1.63 bits per heavy atom. The summed E-state index contributed by atoms with van der Waals surface area (Å²) in [5, 5.41) is 3.50. The molecule has 0 aliphatic rings. The summed E-state index contributed by atoms with van der Waals surface area (Å²) in [4.78, 5) is 28.0. The Morgan fingerprint density at radius 1 is 1.00 bits per heavy atom. The van der Waals surface area contributed by atoms with Crippen molar-refractivity contribution in [3.63, 3.8) is 0 Å². The fourth-order valence-corrected chi connectivity index (χ4v) is 4.93. The molecule has 2 atom stereocenters. The van der Waals surface area contributed by atoms with E-state index in [9.17, 15) is 18.0 Å². The third-order valence-corrected chi connectivity index (χ3v) is 7.44. The van der Waals surface area contributed by atoms with Crippen LogP contribution in [0.15, 0.2) is 54.6 Å². The van der Waals surface area contributed by atoms with Crippen LogP contribution in [0.25, 0.3) is 0 Å². The molecule has 0 unspecified atom stereocenters. The smallest absolute Gasteiger partial charge is 0.243 e. The van der Waals surface area contributed by atoms with Crippen LogP contribution in [0.5, 0.6) is 0 Å². The number of carbonyl (C=O) groups is 2. The minimum absolute atomic E-state index is 0.0111. The molecule has 2 aromatic carbocycles. The lowest BCUT2D eigenvalue weighted by Crippen LogP contribution is -2.50. The highest BCUT2D eigenvalue weighted by Crippen LogP contribution is 2.22. The second-order valence-corrected chi connectivity index (χ2v) is 10.9. The summed E-state index contributed by atoms with van der Waals surface area (Å²) >= 11 is 6.36. The number of halogens is 1. The lowest BCUT2D eigenvalue weighted by molar-refractivity contribution is -0.141. The molecule has 0 saturated carbocycles. The molecule has 2 rings (SSSR count). The molecule has 0 fully saturated rings. The van der Waals surface area contributed by atoms with Crippen LogP contribution in [0.3, 0.4) is 0 Å². The first kappa shape index (κ1) is 28.7. The summed E-state index contributed by atoms with van der Waals surface area (Å²) in [5.74, 6) is -0.429. The molecule has 0 aliphatic heterocycles. The van der Waals surface area contributed by atoms with Gasteiger partial charge in [-0.25, -0.2) is 8.42 Å². The van der Waals surface area contributed by atoms with Crippen LogP contribution >= 0.6 is 11.6 Å². The zero-order chi connectivity index (χ0) is 26.0. The van der Waals surface area contributed by atoms with E-state index >= 15 is 0 Å². The van der Waals surface area contributed by atoms with Crippen molar-refractivity contribution in [2.24, 2.45) is 0 Å². The molecule has 7 nitrogen and oxygen atoms in total. The summed E-state index contributed by atoms with van der Waals surface area (Å²) in [7, 11) is -3.51. The molecule has 192 valence electrons. The molecule has 1 N–H and O–H groups in total. The van der Waals surface area contributed by atoms with Gasteiger partial charge in [-0.3, -0.25) is 13.9 Å². The van der Waals surface area contributed by atoms with Crippen molar-refractivity contribution in [3.8, 4) is 0 Å². The minimum Gasteiger partial charge on any atom is -0.352 e. The fourth-order valence-electron chi connectivity index (χ4n) is 3.77. The van der Waals surface area contributed by atoms with Crippen LogP contribution < -0.4 is 9.62 Å². The van der Waals surface area contributed by atoms with Gasteiger partial charge in [-0.2, -0.15) is 0 Å². The van der Waals surface area contributed by atoms with E-state index in [2.05, 4.69) is 5.32 Å². The quantitative estimate of drug-likeness (QED) is 0.417. The van der Waals surface area contributed by atoms with Gasteiger partial charge in [0.2, 0.25) is 21.8 Å². The highest BCUT2D eigenvalue weighted by Gasteiger charge is 2.29. The SMILES string of the molecule is CC[C@H](C(=O)N[C@@H](C)CC)N(Cc1ccccc1Cl)C(=O)CCCN(c1ccccc1)S(C)(=O)=O. The Balaban J connectivity index is 2.22. The van der Waals surface area contributed by atoms with Crippen molar-refractivity contribution in [2.45, 2.75) is 65.1 Å². The predicted octanol–water partition coefficient (Wildman–Crippen LogP) is 4.61. The van der Waals surface area contributed by atoms with Crippen LogP contribution in [0, 0.1) is 0 Å². The Kier molecular flexibility index (Phi) is 11.0. The van der Waals surface area contributed by atoms with Crippen molar-refractivity contribution in [3.05, 3.63) is 65.2 Å². The number of rotatable bonds is 13. The molecule has 0 saturated heterocycles. The maximum Gasteiger partial charge on any atom is 0.243 e. The van der Waals surface area contributed by atoms with Crippen molar-refractivity contribution >= 4 is 39.1 Å². The van der Waals surface area contributed by atoms with E-state index < -0.39 is 16.1 Å². The van der Waals surface area contributed by atoms with E-state index in [1.54, 1.807) is 35.2 Å². The molecule has 9 heteroatoms. The van der Waals surface area contributed by atoms with Crippen molar-refractivity contribution in [1.29, 1.82) is 0 Å². The maximum absolute atomic E-state index is 13.4. The standard InChI is InChI=1S/C26H36ClN3O4S/c1-5-20(3)28-26(32)24(6-2)29(19-21-13-10-11-16-23(21)27)25(31)17-12-18-30(35(4,33)34)22-14-8-7-9-15-22/h7-11,13-16,20,24H,5-6,12,17-19H2,1-4H3,(H,28,32)/t20-,24+/m0/s1. The fraction of sp³-hybridized carbons (Fsp3) is 0.462. The van der Waals surface area contributed by atoms with Gasteiger partial charge >= 0.3 is 0 Å². The summed E-state index contributed by atoms with van der Waals surface area (Å²) in [6.45, 7) is 6.13. The minimum atomic E-state index is -3.51. The largest absolute Gasteiger partial charge is 0.352 e. The molecule has 0 spiro atoms. The van der Waals surface area contributed by atoms with Gasteiger partial charge in [-0.1, -0.05) is 61.8 Å². The predicted molar refractivity (Wildman–Crippen MR) is 142 cm³/mol. The molecule has 2 amide bonds. The Bertz CT molecular complexity index is 1080. The third-order valence-electron chi connectivity index (χ3n) is 5.88. The van der Waals surface area contributed by atoms with Gasteiger partial charge in [0.05, 0.1) is 11.9 Å². The number of para-hydroxylation sites is 1. The first-order chi connectivity index (χ1) is 16.6. The van der Waals surface area contributed by atoms with E-state index in [0.29, 0.717) is 23.6 Å². The van der Waals surface area contributed by atoms with Gasteiger partial charge in [0.25, 0.3) is 0 Å². The summed E-state index contributed by atoms with van der Waals surface area (Å²) in [6, 6.07) is 15.4. The first-order valence-corrected chi connectivity index (χ1v) is 14.2. The highest BCUT2D eigenvalue weighted by molar-refractivity contribution is 7.92. The second kappa shape index (κ2) is 13.5. The molecule has 0 heterocycles. The zero-order valence-corrected chi connectivity index (χ0v) is 22.5. The topological polar surface area (TPSA) is 86.8 Å². The number of sulfonamides is 1. The van der Waals surface area contributed by atoms with Crippen LogP contribution in [0.4, 0.5) is 5.69 Å². The van der Waals surface area contributed by atoms with Crippen LogP contribution in [-0.4, -0.2) is 50.0 Å². The van der Waals surface area contributed by atoms with Crippen molar-refractivity contribution in [2.75, 3.05) is 17.1 Å². The Morgan fingerprint density at radius 3 is 2.20 bits per heavy atom. The van der Waals surface area contributed by atoms with E-state index in [0.717, 1.165) is 18.2 Å². The van der Waals surface area contributed by atoms with E-state index in [-0.39, 0.29) is 37.4 Å². The average Bonchev–Trinajstić information content (AvgIpc) is 2.82. The van der Waals surface area contributed by atoms with Crippen LogP contribution in [-0.2, 0) is 26.2 Å². The van der Waals surface area contributed by atoms with Gasteiger partial charge < -0.3 is 10.2 Å². The number of nitrogens with zero attached hydrogens (tertiary/aromatic N) is 2. The monoisotopic (exact) mass is 521 g/mol. The maximum atomic E-state index is 13.4. The molecular formula is C26H36ClN3O4S. The van der Waals surface area contributed by atoms with Gasteiger partial charge in [-0.05, 0) is 49.9 Å². The number of anilines is 1. The third kappa shape index (κ3) is 8.54. The molecule has 0 aromatic heterocycles. The molecule has 0 bridgehead atoms. The van der Waals surface area contributed by atoms with Gasteiger partial charge in [-0.15, -0.1) is 0 Å². The summed E-state index contributed by atoms with van der Waals surface area (Å²) < 4.78 is 26.0. The van der Waals surface area contributed by atoms with E-state index in [1.807, 2.05) is 45.0 Å². The number of carbonyl (C=O) groups excluding carboxylic acids is 2. The molecular weight excluding hydrogens is 486 g/mol. The number of hydrogen-bond acceptors (Lipinski definition) is 4. The molecule has 2 aromatic rings. The van der Waals surface area contributed by atoms with Gasteiger partial charge in [0.1, 0.15) is 6.04 Å². The zero-order valence-electron chi connectivity index (χ0n) is 20.9. The number of amides is 2. The molecule has 0 aliphatic carbocycles. The molecule has 0 radical (unpaired) electrons. The normalized spacial score (nSPS) is 13.1. The first-order valence-electron chi connectivity index (χ1n) is 11.9. The van der Waals surface area contributed by atoms with Gasteiger partial charge in [0, 0.05) is 30.6 Å². The lowest BCUT2D eigenvalue weighted by Gasteiger charge is -2.32. The second-order valence-electron chi connectivity index (χ2n) is 8.63. The lowest BCUT2D eigenvalue weighted by atomic mass is 10.1. The highest BCUT2D eigenvalue weighted by atomic mass is 35.5. The van der Waals surface area contributed by atoms with Crippen molar-refractivity contribution < 1.29 is 18.0 Å². The van der Waals surface area contributed by atoms with E-state index in [1.165, 1.54) is 4.31 Å². The molecule has 35 heavy (non-hydrogen) atoms. The van der Waals surface area contributed by atoms with Crippen molar-refractivity contribution in [1.82, 2.24) is 10.2 Å². The van der Waals surface area contributed by atoms with Crippen LogP contribution in [0.1, 0.15) is 52.0 Å². The van der Waals surface area contributed by atoms with E-state index in [4.69, 9.17) is 11.6 Å². The summed E-state index contributed by atoms with van der Waals surface area (Å²) in [6.07, 6.45) is 2.77. The van der Waals surface area contributed by atoms with Gasteiger partial charge in [0.15, 0.2) is 0 Å². The number of benzene rings is 2. The number of hydrogen-bond donors (Lipinski definition) is 1.